The van der Waals surface area contributed by atoms with Crippen LogP contribution in [0.25, 0.3) is 0 Å². The van der Waals surface area contributed by atoms with Crippen molar-refractivity contribution in [3.05, 3.63) is 9.81 Å². The van der Waals surface area contributed by atoms with E-state index in [1.807, 2.05) is 13.8 Å². The molecule has 6 nitrogen and oxygen atoms in total. The number of hydrogen-bond donors (Lipinski definition) is 0. The van der Waals surface area contributed by atoms with Gasteiger partial charge in [-0.3, -0.25) is 0 Å². The van der Waals surface area contributed by atoms with Crippen LogP contribution in [0.5, 0.6) is 0 Å². The summed E-state index contributed by atoms with van der Waals surface area (Å²) in [4.78, 5) is 28.3. The van der Waals surface area contributed by atoms with Gasteiger partial charge in [0.15, 0.2) is 10.7 Å². The summed E-state index contributed by atoms with van der Waals surface area (Å²) in [6.07, 6.45) is 1.68. The number of nitrogens with zero attached hydrogens (tertiary/aromatic N) is 2. The van der Waals surface area contributed by atoms with Gasteiger partial charge in [0.1, 0.15) is 13.2 Å². The maximum Gasteiger partial charge on any atom is 0.155 e. The van der Waals surface area contributed by atoms with Crippen molar-refractivity contribution >= 4 is 0 Å². The zero-order valence-electron chi connectivity index (χ0n) is 7.86. The van der Waals surface area contributed by atoms with Crippen molar-refractivity contribution in [2.45, 2.75) is 26.7 Å². The molecule has 0 atom stereocenters. The molecule has 0 spiro atoms. The Morgan fingerprint density at radius 1 is 1.15 bits per heavy atom. The van der Waals surface area contributed by atoms with Gasteiger partial charge in [0.05, 0.1) is 0 Å². The second-order valence-electron chi connectivity index (χ2n) is 3.26. The molecule has 13 heavy (non-hydrogen) atoms. The van der Waals surface area contributed by atoms with Gasteiger partial charge in [-0.1, -0.05) is 20.3 Å². The van der Waals surface area contributed by atoms with Crippen LogP contribution in [0, 0.1) is 15.2 Å². The summed E-state index contributed by atoms with van der Waals surface area (Å²) in [5, 5.41) is 4.59. The third-order valence-electron chi connectivity index (χ3n) is 1.78. The molecule has 0 heterocycles. The number of rotatable bonds is 8. The summed E-state index contributed by atoms with van der Waals surface area (Å²) in [5.74, 6) is 0. The Hall–Kier alpha value is -1.20. The Morgan fingerprint density at radius 2 is 1.62 bits per heavy atom. The zero-order valence-corrected chi connectivity index (χ0v) is 7.86. The lowest BCUT2D eigenvalue weighted by molar-refractivity contribution is -0.0177. The minimum Gasteiger partial charge on any atom is -0.363 e. The standard InChI is InChI=1S/C7H14N2O4/c1-3-4-7(2,5-12-8-10)6-13-9-11/h3-6H2,1-2H3. The highest BCUT2D eigenvalue weighted by molar-refractivity contribution is 4.72. The molecule has 0 amide bonds. The molecule has 0 fully saturated rings. The Labute approximate surface area is 76.5 Å². The van der Waals surface area contributed by atoms with Crippen molar-refractivity contribution in [3.8, 4) is 0 Å². The lowest BCUT2D eigenvalue weighted by Crippen LogP contribution is -2.27. The first-order valence-electron chi connectivity index (χ1n) is 4.08. The first-order valence-corrected chi connectivity index (χ1v) is 4.08. The molecule has 0 aliphatic rings. The van der Waals surface area contributed by atoms with E-state index in [9.17, 15) is 9.81 Å². The van der Waals surface area contributed by atoms with Crippen LogP contribution >= 0.6 is 0 Å². The normalized spacial score (nSPS) is 10.6. The van der Waals surface area contributed by atoms with Crippen LogP contribution in [0.1, 0.15) is 26.7 Å². The molecule has 0 bridgehead atoms. The molecular weight excluding hydrogens is 176 g/mol. The van der Waals surface area contributed by atoms with E-state index in [0.29, 0.717) is 0 Å². The first-order chi connectivity index (χ1) is 6.18. The Morgan fingerprint density at radius 3 is 1.92 bits per heavy atom. The van der Waals surface area contributed by atoms with Crippen molar-refractivity contribution in [3.63, 3.8) is 0 Å². The lowest BCUT2D eigenvalue weighted by Gasteiger charge is -2.24. The van der Waals surface area contributed by atoms with E-state index in [1.54, 1.807) is 0 Å². The van der Waals surface area contributed by atoms with E-state index < -0.39 is 0 Å². The van der Waals surface area contributed by atoms with Crippen LogP contribution in [0.15, 0.2) is 10.7 Å². The third-order valence-corrected chi connectivity index (χ3v) is 1.78. The van der Waals surface area contributed by atoms with Gasteiger partial charge in [-0.05, 0) is 6.42 Å². The smallest absolute Gasteiger partial charge is 0.155 e. The van der Waals surface area contributed by atoms with E-state index in [2.05, 4.69) is 20.4 Å². The molecule has 0 unspecified atom stereocenters. The SMILES string of the molecule is CCCC(C)(CON=O)CON=O. The van der Waals surface area contributed by atoms with E-state index in [-0.39, 0.29) is 18.6 Å². The van der Waals surface area contributed by atoms with Crippen LogP contribution in [0.4, 0.5) is 0 Å². The molecule has 76 valence electrons. The molecule has 0 rings (SSSR count). The molecule has 6 heteroatoms. The first kappa shape index (κ1) is 11.8. The van der Waals surface area contributed by atoms with Gasteiger partial charge in [0.2, 0.25) is 0 Å². The fourth-order valence-electron chi connectivity index (χ4n) is 1.15. The van der Waals surface area contributed by atoms with Crippen molar-refractivity contribution in [1.29, 1.82) is 0 Å². The molecule has 0 radical (unpaired) electrons. The highest BCUT2D eigenvalue weighted by Gasteiger charge is 2.26. The number of hydrogen-bond acceptors (Lipinski definition) is 6. The summed E-state index contributed by atoms with van der Waals surface area (Å²) >= 11 is 0. The molecular formula is C7H14N2O4. The Bertz CT molecular complexity index is 151. The molecule has 0 saturated carbocycles. The monoisotopic (exact) mass is 190 g/mol. The predicted molar refractivity (Wildman–Crippen MR) is 46.5 cm³/mol. The lowest BCUT2D eigenvalue weighted by atomic mass is 9.88. The van der Waals surface area contributed by atoms with Crippen LogP contribution in [0.2, 0.25) is 0 Å². The molecule has 0 aliphatic carbocycles. The van der Waals surface area contributed by atoms with Crippen LogP contribution in [-0.2, 0) is 9.68 Å². The molecule has 0 aromatic carbocycles. The Kier molecular flexibility index (Phi) is 5.75. The van der Waals surface area contributed by atoms with Gasteiger partial charge in [-0.15, -0.1) is 9.81 Å². The second-order valence-corrected chi connectivity index (χ2v) is 3.26. The fourth-order valence-corrected chi connectivity index (χ4v) is 1.15. The molecule has 0 aliphatic heterocycles. The predicted octanol–water partition coefficient (Wildman–Crippen LogP) is 2.19. The molecule has 0 aromatic heterocycles. The maximum absolute atomic E-state index is 9.73. The van der Waals surface area contributed by atoms with Gasteiger partial charge in [-0.2, -0.15) is 0 Å². The third kappa shape index (κ3) is 5.10. The highest BCUT2D eigenvalue weighted by Crippen LogP contribution is 2.24. The Balaban J connectivity index is 3.97. The van der Waals surface area contributed by atoms with Crippen molar-refractivity contribution in [2.75, 3.05) is 13.2 Å². The topological polar surface area (TPSA) is 77.3 Å². The van der Waals surface area contributed by atoms with Gasteiger partial charge >= 0.3 is 0 Å². The summed E-state index contributed by atoms with van der Waals surface area (Å²) in [6.45, 7) is 4.10. The van der Waals surface area contributed by atoms with Crippen molar-refractivity contribution in [1.82, 2.24) is 0 Å². The molecule has 0 saturated heterocycles. The largest absolute Gasteiger partial charge is 0.363 e. The van der Waals surface area contributed by atoms with Gasteiger partial charge in [0, 0.05) is 5.41 Å². The fraction of sp³-hybridized carbons (Fsp3) is 1.00. The quantitative estimate of drug-likeness (QED) is 0.434. The zero-order chi connectivity index (χ0) is 10.2. The minimum absolute atomic E-state index is 0.139. The maximum atomic E-state index is 9.73. The van der Waals surface area contributed by atoms with E-state index in [4.69, 9.17) is 0 Å². The minimum atomic E-state index is -0.378. The van der Waals surface area contributed by atoms with E-state index in [1.165, 1.54) is 0 Å². The van der Waals surface area contributed by atoms with Gasteiger partial charge in [0.25, 0.3) is 0 Å². The van der Waals surface area contributed by atoms with Crippen molar-refractivity contribution in [2.24, 2.45) is 16.1 Å². The molecule has 0 N–H and O–H groups in total. The van der Waals surface area contributed by atoms with E-state index in [0.717, 1.165) is 12.8 Å². The van der Waals surface area contributed by atoms with Gasteiger partial charge < -0.3 is 9.68 Å². The second kappa shape index (κ2) is 6.33. The molecule has 0 aromatic rings. The summed E-state index contributed by atoms with van der Waals surface area (Å²) < 4.78 is 0. The van der Waals surface area contributed by atoms with Crippen LogP contribution in [0.3, 0.4) is 0 Å². The summed E-state index contributed by atoms with van der Waals surface area (Å²) in [7, 11) is 0. The highest BCUT2D eigenvalue weighted by atomic mass is 16.7. The van der Waals surface area contributed by atoms with Crippen molar-refractivity contribution < 1.29 is 9.68 Å². The average Bonchev–Trinajstić information content (AvgIpc) is 2.12. The summed E-state index contributed by atoms with van der Waals surface area (Å²) in [6, 6.07) is 0. The van der Waals surface area contributed by atoms with Gasteiger partial charge in [-0.25, -0.2) is 0 Å². The summed E-state index contributed by atoms with van der Waals surface area (Å²) in [5.41, 5.74) is -0.378. The van der Waals surface area contributed by atoms with E-state index >= 15 is 0 Å². The van der Waals surface area contributed by atoms with Crippen LogP contribution in [-0.4, -0.2) is 13.2 Å². The average molecular weight is 190 g/mol. The van der Waals surface area contributed by atoms with Crippen LogP contribution < -0.4 is 0 Å².